The maximum absolute atomic E-state index is 14.5. The van der Waals surface area contributed by atoms with Crippen molar-refractivity contribution in [1.82, 2.24) is 9.47 Å². The first kappa shape index (κ1) is 37.9. The zero-order valence-electron chi connectivity index (χ0n) is 30.1. The van der Waals surface area contributed by atoms with Crippen LogP contribution in [-0.4, -0.2) is 61.7 Å². The number of benzene rings is 2. The summed E-state index contributed by atoms with van der Waals surface area (Å²) in [7, 11) is -1.03. The van der Waals surface area contributed by atoms with Gasteiger partial charge in [0.15, 0.2) is 14.1 Å². The quantitative estimate of drug-likeness (QED) is 0.107. The first-order valence-electron chi connectivity index (χ1n) is 17.1. The Balaban J connectivity index is 1.90. The van der Waals surface area contributed by atoms with Crippen LogP contribution in [0.4, 0.5) is 8.78 Å². The predicted octanol–water partition coefficient (Wildman–Crippen LogP) is 9.23. The minimum Gasteiger partial charge on any atom is -0.469 e. The van der Waals surface area contributed by atoms with Crippen LogP contribution in [0, 0.1) is 11.6 Å². The van der Waals surface area contributed by atoms with Gasteiger partial charge in [0.1, 0.15) is 17.3 Å². The fraction of sp³-hybridized carbons (Fsp3) is 0.462. The van der Waals surface area contributed by atoms with E-state index in [-0.39, 0.29) is 35.6 Å². The molecule has 3 aromatic rings. The molecule has 0 spiro atoms. The molecule has 49 heavy (non-hydrogen) atoms. The minimum absolute atomic E-state index is 0.0449. The zero-order valence-corrected chi connectivity index (χ0v) is 31.1. The molecule has 0 bridgehead atoms. The monoisotopic (exact) mass is 692 g/mol. The summed E-state index contributed by atoms with van der Waals surface area (Å²) < 4.78 is 41.8. The number of likely N-dealkylation sites (tertiary alicyclic amines) is 1. The van der Waals surface area contributed by atoms with E-state index >= 15 is 0 Å². The van der Waals surface area contributed by atoms with Crippen LogP contribution in [0.1, 0.15) is 88.9 Å². The third-order valence-electron chi connectivity index (χ3n) is 9.62. The Hall–Kier alpha value is -3.89. The lowest BCUT2D eigenvalue weighted by atomic mass is 9.94. The Kier molecular flexibility index (Phi) is 12.2. The van der Waals surface area contributed by atoms with Gasteiger partial charge >= 0.3 is 5.97 Å². The van der Waals surface area contributed by atoms with Gasteiger partial charge in [-0.1, -0.05) is 45.0 Å². The van der Waals surface area contributed by atoms with Gasteiger partial charge in [-0.05, 0) is 98.8 Å². The molecule has 7 nitrogen and oxygen atoms in total. The van der Waals surface area contributed by atoms with Gasteiger partial charge in [-0.3, -0.25) is 14.4 Å². The van der Waals surface area contributed by atoms with Crippen molar-refractivity contribution in [2.75, 3.05) is 20.2 Å². The van der Waals surface area contributed by atoms with Crippen LogP contribution in [0.2, 0.25) is 18.1 Å². The van der Waals surface area contributed by atoms with Gasteiger partial charge in [0.2, 0.25) is 0 Å². The van der Waals surface area contributed by atoms with Crippen LogP contribution in [0.5, 0.6) is 0 Å². The number of rotatable bonds is 12. The third-order valence-corrected chi connectivity index (χ3v) is 14.2. The van der Waals surface area contributed by atoms with Gasteiger partial charge in [0.05, 0.1) is 25.3 Å². The lowest BCUT2D eigenvalue weighted by Gasteiger charge is -2.39. The number of ketones is 1. The smallest absolute Gasteiger partial charge is 0.308 e. The summed E-state index contributed by atoms with van der Waals surface area (Å²) in [5.41, 5.74) is 3.51. The highest BCUT2D eigenvalue weighted by Crippen LogP contribution is 2.43. The number of nitrogens with zero attached hydrogens (tertiary/aromatic N) is 2. The standard InChI is InChI=1S/C39H50F2N2O5Si/c1-26(2)43-33(21-20-31(44)24-32(25-34(45)47-6)48-49(7,8)39(3,4)5)35(27-12-16-29(40)17-13-27)36(28-14-18-30(41)19-15-28)37(43)38(46)42-22-10-9-11-23-42/h12-21,26,32H,9-11,22-25H2,1-8H3/b21-20+/t32-/m1/s1. The number of methoxy groups -OCH3 is 1. The van der Waals surface area contributed by atoms with E-state index in [4.69, 9.17) is 9.16 Å². The first-order chi connectivity index (χ1) is 23.0. The number of halogens is 2. The Morgan fingerprint density at radius 2 is 1.39 bits per heavy atom. The number of allylic oxidation sites excluding steroid dienone is 1. The molecule has 0 saturated carbocycles. The van der Waals surface area contributed by atoms with Crippen molar-refractivity contribution in [1.29, 1.82) is 0 Å². The second-order valence-corrected chi connectivity index (χ2v) is 19.4. The molecule has 2 aromatic carbocycles. The molecule has 0 N–H and O–H groups in total. The van der Waals surface area contributed by atoms with Gasteiger partial charge in [-0.25, -0.2) is 8.78 Å². The van der Waals surface area contributed by atoms with Crippen molar-refractivity contribution in [3.63, 3.8) is 0 Å². The number of esters is 1. The number of carbonyl (C=O) groups is 3. The Morgan fingerprint density at radius 1 is 0.857 bits per heavy atom. The molecule has 1 aliphatic rings. The Morgan fingerprint density at radius 3 is 1.88 bits per heavy atom. The molecule has 1 saturated heterocycles. The molecule has 4 rings (SSSR count). The van der Waals surface area contributed by atoms with Gasteiger partial charge in [0, 0.05) is 36.7 Å². The van der Waals surface area contributed by atoms with E-state index in [2.05, 4.69) is 33.9 Å². The van der Waals surface area contributed by atoms with E-state index in [9.17, 15) is 23.2 Å². The number of aromatic nitrogens is 1. The van der Waals surface area contributed by atoms with E-state index in [0.717, 1.165) is 19.3 Å². The summed E-state index contributed by atoms with van der Waals surface area (Å²) >= 11 is 0. The average molecular weight is 693 g/mol. The predicted molar refractivity (Wildman–Crippen MR) is 193 cm³/mol. The molecule has 264 valence electrons. The van der Waals surface area contributed by atoms with Crippen molar-refractivity contribution < 1.29 is 32.3 Å². The highest BCUT2D eigenvalue weighted by atomic mass is 28.4. The summed E-state index contributed by atoms with van der Waals surface area (Å²) in [4.78, 5) is 42.4. The van der Waals surface area contributed by atoms with Crippen LogP contribution in [0.3, 0.4) is 0 Å². The maximum atomic E-state index is 14.5. The highest BCUT2D eigenvalue weighted by Gasteiger charge is 2.40. The summed E-state index contributed by atoms with van der Waals surface area (Å²) in [5, 5.41) is -0.142. The number of piperidine rings is 1. The summed E-state index contributed by atoms with van der Waals surface area (Å²) in [6, 6.07) is 11.8. The molecule has 0 unspecified atom stereocenters. The van der Waals surface area contributed by atoms with E-state index in [1.807, 2.05) is 23.3 Å². The van der Waals surface area contributed by atoms with E-state index in [1.54, 1.807) is 30.3 Å². The molecular formula is C39H50F2N2O5Si. The second-order valence-electron chi connectivity index (χ2n) is 14.6. The third kappa shape index (κ3) is 9.02. The lowest BCUT2D eigenvalue weighted by molar-refractivity contribution is -0.142. The molecule has 1 aromatic heterocycles. The first-order valence-corrected chi connectivity index (χ1v) is 20.0. The lowest BCUT2D eigenvalue weighted by Crippen LogP contribution is -2.44. The molecule has 1 amide bonds. The van der Waals surface area contributed by atoms with Crippen molar-refractivity contribution in [2.45, 2.75) is 97.0 Å². The number of carbonyl (C=O) groups excluding carboxylic acids is 3. The molecule has 1 fully saturated rings. The fourth-order valence-electron chi connectivity index (χ4n) is 6.05. The van der Waals surface area contributed by atoms with Crippen molar-refractivity contribution in [3.05, 3.63) is 77.6 Å². The Bertz CT molecular complexity index is 1660. The van der Waals surface area contributed by atoms with Gasteiger partial charge in [-0.15, -0.1) is 0 Å². The van der Waals surface area contributed by atoms with Crippen LogP contribution in [-0.2, 0) is 18.8 Å². The van der Waals surface area contributed by atoms with E-state index < -0.39 is 32.0 Å². The maximum Gasteiger partial charge on any atom is 0.308 e. The molecule has 10 heteroatoms. The van der Waals surface area contributed by atoms with E-state index in [1.165, 1.54) is 37.5 Å². The van der Waals surface area contributed by atoms with Crippen LogP contribution < -0.4 is 0 Å². The molecule has 1 aliphatic heterocycles. The van der Waals surface area contributed by atoms with Crippen molar-refractivity contribution in [2.24, 2.45) is 0 Å². The topological polar surface area (TPSA) is 77.8 Å². The second kappa shape index (κ2) is 15.8. The van der Waals surface area contributed by atoms with Gasteiger partial charge in [0.25, 0.3) is 5.91 Å². The minimum atomic E-state index is -2.35. The summed E-state index contributed by atoms with van der Waals surface area (Å²) in [6.07, 6.45) is 5.22. The molecule has 2 heterocycles. The summed E-state index contributed by atoms with van der Waals surface area (Å²) in [6.45, 7) is 15.6. The number of hydrogen-bond acceptors (Lipinski definition) is 5. The van der Waals surface area contributed by atoms with Gasteiger partial charge in [-0.2, -0.15) is 0 Å². The van der Waals surface area contributed by atoms with Crippen LogP contribution in [0.15, 0.2) is 54.6 Å². The summed E-state index contributed by atoms with van der Waals surface area (Å²) in [5.74, 6) is -1.70. The fourth-order valence-corrected chi connectivity index (χ4v) is 7.41. The van der Waals surface area contributed by atoms with Crippen molar-refractivity contribution >= 4 is 32.1 Å². The Labute approximate surface area is 290 Å². The molecular weight excluding hydrogens is 643 g/mol. The molecule has 0 radical (unpaired) electrons. The SMILES string of the molecule is COC(=O)C[C@@H](CC(=O)/C=C/c1c(-c2ccc(F)cc2)c(-c2ccc(F)cc2)c(C(=O)N2CCCCC2)n1C(C)C)O[Si](C)(C)C(C)(C)C. The normalized spacial score (nSPS) is 14.8. The van der Waals surface area contributed by atoms with Gasteiger partial charge < -0.3 is 18.6 Å². The molecule has 0 aliphatic carbocycles. The largest absolute Gasteiger partial charge is 0.469 e. The highest BCUT2D eigenvalue weighted by molar-refractivity contribution is 6.74. The number of hydrogen-bond donors (Lipinski definition) is 0. The zero-order chi connectivity index (χ0) is 36.1. The molecule has 1 atom stereocenters. The number of amides is 1. The van der Waals surface area contributed by atoms with Crippen LogP contribution >= 0.6 is 0 Å². The number of ether oxygens (including phenoxy) is 1. The van der Waals surface area contributed by atoms with E-state index in [0.29, 0.717) is 46.7 Å². The average Bonchev–Trinajstić information content (AvgIpc) is 3.39. The van der Waals surface area contributed by atoms with Crippen molar-refractivity contribution in [3.8, 4) is 22.3 Å². The van der Waals surface area contributed by atoms with Crippen LogP contribution in [0.25, 0.3) is 28.3 Å².